The molecule has 0 saturated heterocycles. The van der Waals surface area contributed by atoms with Crippen LogP contribution >= 0.6 is 0 Å². The number of benzene rings is 2. The van der Waals surface area contributed by atoms with Gasteiger partial charge in [0, 0.05) is 43.8 Å². The van der Waals surface area contributed by atoms with E-state index in [-0.39, 0.29) is 30.7 Å². The van der Waals surface area contributed by atoms with Gasteiger partial charge in [-0.05, 0) is 34.7 Å². The van der Waals surface area contributed by atoms with Crippen LogP contribution in [0, 0.1) is 5.82 Å². The summed E-state index contributed by atoms with van der Waals surface area (Å²) < 4.78 is 14.1. The van der Waals surface area contributed by atoms with Gasteiger partial charge in [-0.1, -0.05) is 62.4 Å². The highest BCUT2D eigenvalue weighted by molar-refractivity contribution is 5.87. The molecule has 9 heteroatoms. The second-order valence-corrected chi connectivity index (χ2v) is 10.9. The normalized spacial score (nSPS) is 14.4. The molecule has 41 heavy (non-hydrogen) atoms. The first-order valence-electron chi connectivity index (χ1n) is 13.6. The van der Waals surface area contributed by atoms with Gasteiger partial charge in [0.2, 0.25) is 0 Å². The number of nitrogens with zero attached hydrogens (tertiary/aromatic N) is 3. The highest BCUT2D eigenvalue weighted by atomic mass is 19.1. The number of carboxylic acid groups (broad SMARTS) is 1. The molecule has 1 aliphatic heterocycles. The quantitative estimate of drug-likeness (QED) is 0.345. The van der Waals surface area contributed by atoms with Crippen LogP contribution in [-0.4, -0.2) is 68.4 Å². The molecule has 1 aromatic heterocycles. The zero-order valence-corrected chi connectivity index (χ0v) is 23.7. The number of hydrogen-bond donors (Lipinski definition) is 3. The van der Waals surface area contributed by atoms with Gasteiger partial charge >= 0.3 is 12.0 Å². The number of carbonyl (C=O) groups is 2. The standard InChI is InChI=1S/C32H36FN3O5/c1-19(2)30-26(14-13-23(37)15-24(38)16-28(39)40)29(20-9-11-22(33)12-10-20)27-18-36(32(41)35(3)4)17-21-7-5-6-8-25(21)31(27)34-30/h5-14,19,23-24,37-38H,15-18H2,1-4H3,(H,39,40)/b14-13+/t23-,24-/m1/s1. The van der Waals surface area contributed by atoms with Crippen LogP contribution < -0.4 is 0 Å². The number of amides is 2. The molecule has 0 fully saturated rings. The molecule has 0 aliphatic carbocycles. The van der Waals surface area contributed by atoms with E-state index in [1.54, 1.807) is 37.2 Å². The first kappa shape index (κ1) is 29.9. The zero-order chi connectivity index (χ0) is 29.8. The molecular weight excluding hydrogens is 525 g/mol. The molecule has 2 aromatic carbocycles. The highest BCUT2D eigenvalue weighted by Gasteiger charge is 2.30. The summed E-state index contributed by atoms with van der Waals surface area (Å²) in [4.78, 5) is 32.7. The molecule has 3 N–H and O–H groups in total. The van der Waals surface area contributed by atoms with Crippen LogP contribution in [0.15, 0.2) is 54.6 Å². The number of halogens is 1. The van der Waals surface area contributed by atoms with E-state index >= 15 is 0 Å². The molecular formula is C32H36FN3O5. The fraction of sp³-hybridized carbons (Fsp3) is 0.344. The minimum absolute atomic E-state index is 0.0381. The number of rotatable bonds is 8. The van der Waals surface area contributed by atoms with E-state index in [4.69, 9.17) is 10.1 Å². The van der Waals surface area contributed by atoms with Gasteiger partial charge in [0.05, 0.1) is 36.6 Å². The molecule has 0 unspecified atom stereocenters. The van der Waals surface area contributed by atoms with E-state index < -0.39 is 24.6 Å². The predicted molar refractivity (Wildman–Crippen MR) is 155 cm³/mol. The van der Waals surface area contributed by atoms with Gasteiger partial charge in [-0.2, -0.15) is 0 Å². The van der Waals surface area contributed by atoms with Gasteiger partial charge < -0.3 is 25.1 Å². The molecule has 2 amide bonds. The van der Waals surface area contributed by atoms with Crippen LogP contribution in [0.2, 0.25) is 0 Å². The Bertz CT molecular complexity index is 1450. The second-order valence-electron chi connectivity index (χ2n) is 10.9. The number of carboxylic acids is 1. The minimum Gasteiger partial charge on any atom is -0.481 e. The fourth-order valence-corrected chi connectivity index (χ4v) is 5.20. The first-order chi connectivity index (χ1) is 19.5. The number of aliphatic carboxylic acids is 1. The summed E-state index contributed by atoms with van der Waals surface area (Å²) >= 11 is 0. The fourth-order valence-electron chi connectivity index (χ4n) is 5.20. The Morgan fingerprint density at radius 1 is 1.07 bits per heavy atom. The topological polar surface area (TPSA) is 114 Å². The monoisotopic (exact) mass is 561 g/mol. The number of pyridine rings is 1. The Morgan fingerprint density at radius 3 is 2.39 bits per heavy atom. The predicted octanol–water partition coefficient (Wildman–Crippen LogP) is 5.28. The van der Waals surface area contributed by atoms with Crippen molar-refractivity contribution >= 4 is 18.1 Å². The summed E-state index contributed by atoms with van der Waals surface area (Å²) in [6, 6.07) is 13.8. The number of urea groups is 1. The molecule has 3 aromatic rings. The third-order valence-corrected chi connectivity index (χ3v) is 7.09. The Morgan fingerprint density at radius 2 is 1.76 bits per heavy atom. The van der Waals surface area contributed by atoms with Gasteiger partial charge in [0.1, 0.15) is 5.82 Å². The number of aliphatic hydroxyl groups is 2. The molecule has 0 saturated carbocycles. The van der Waals surface area contributed by atoms with Gasteiger partial charge in [0.15, 0.2) is 0 Å². The SMILES string of the molecule is CC(C)c1nc2c(c(-c3ccc(F)cc3)c1/C=C/[C@@H](O)C[C@@H](O)CC(=O)O)CN(C(=O)N(C)C)Cc1ccccc1-2. The number of fused-ring (bicyclic) bond motifs is 3. The van der Waals surface area contributed by atoms with Crippen molar-refractivity contribution in [1.82, 2.24) is 14.8 Å². The average molecular weight is 562 g/mol. The van der Waals surface area contributed by atoms with Crippen molar-refractivity contribution in [3.05, 3.63) is 82.8 Å². The van der Waals surface area contributed by atoms with E-state index in [0.29, 0.717) is 12.1 Å². The summed E-state index contributed by atoms with van der Waals surface area (Å²) in [6.07, 6.45) is 0.299. The molecule has 216 valence electrons. The molecule has 0 radical (unpaired) electrons. The number of carbonyl (C=O) groups excluding carboxylic acids is 1. The minimum atomic E-state index is -1.21. The van der Waals surface area contributed by atoms with Crippen LogP contribution in [0.1, 0.15) is 55.0 Å². The Hall–Kier alpha value is -4.08. The average Bonchev–Trinajstić information content (AvgIpc) is 3.07. The van der Waals surface area contributed by atoms with Crippen molar-refractivity contribution in [3.63, 3.8) is 0 Å². The second kappa shape index (κ2) is 12.6. The van der Waals surface area contributed by atoms with Crippen LogP contribution in [-0.2, 0) is 17.9 Å². The van der Waals surface area contributed by atoms with Crippen molar-refractivity contribution in [1.29, 1.82) is 0 Å². The highest BCUT2D eigenvalue weighted by Crippen LogP contribution is 2.42. The lowest BCUT2D eigenvalue weighted by molar-refractivity contribution is -0.139. The summed E-state index contributed by atoms with van der Waals surface area (Å²) in [5, 5.41) is 29.6. The van der Waals surface area contributed by atoms with Crippen molar-refractivity contribution in [2.24, 2.45) is 0 Å². The largest absolute Gasteiger partial charge is 0.481 e. The summed E-state index contributed by atoms with van der Waals surface area (Å²) in [5.41, 5.74) is 6.35. The van der Waals surface area contributed by atoms with E-state index in [9.17, 15) is 24.2 Å². The Labute approximate surface area is 239 Å². The van der Waals surface area contributed by atoms with Crippen molar-refractivity contribution in [2.75, 3.05) is 14.1 Å². The lowest BCUT2D eigenvalue weighted by Gasteiger charge is -2.27. The van der Waals surface area contributed by atoms with E-state index in [2.05, 4.69) is 0 Å². The molecule has 8 nitrogen and oxygen atoms in total. The third-order valence-electron chi connectivity index (χ3n) is 7.09. The lowest BCUT2D eigenvalue weighted by Crippen LogP contribution is -2.38. The maximum Gasteiger partial charge on any atom is 0.320 e. The van der Waals surface area contributed by atoms with Crippen LogP contribution in [0.4, 0.5) is 9.18 Å². The molecule has 2 atom stereocenters. The lowest BCUT2D eigenvalue weighted by atomic mass is 9.87. The first-order valence-corrected chi connectivity index (χ1v) is 13.6. The van der Waals surface area contributed by atoms with Crippen LogP contribution in [0.3, 0.4) is 0 Å². The molecule has 0 spiro atoms. The molecule has 2 heterocycles. The van der Waals surface area contributed by atoms with Crippen LogP contribution in [0.25, 0.3) is 28.5 Å². The van der Waals surface area contributed by atoms with Crippen molar-refractivity contribution in [3.8, 4) is 22.4 Å². The van der Waals surface area contributed by atoms with Gasteiger partial charge in [-0.15, -0.1) is 0 Å². The third kappa shape index (κ3) is 6.81. The number of hydrogen-bond acceptors (Lipinski definition) is 5. The van der Waals surface area contributed by atoms with Crippen molar-refractivity contribution < 1.29 is 29.3 Å². The maximum absolute atomic E-state index is 14.1. The molecule has 0 bridgehead atoms. The number of aliphatic hydroxyl groups excluding tert-OH is 2. The Balaban J connectivity index is 1.98. The summed E-state index contributed by atoms with van der Waals surface area (Å²) in [7, 11) is 3.41. The summed E-state index contributed by atoms with van der Waals surface area (Å²) in [6.45, 7) is 4.66. The van der Waals surface area contributed by atoms with Gasteiger partial charge in [0.25, 0.3) is 0 Å². The molecule has 4 rings (SSSR count). The Kier molecular flexibility index (Phi) is 9.20. The zero-order valence-electron chi connectivity index (χ0n) is 23.7. The van der Waals surface area contributed by atoms with E-state index in [1.165, 1.54) is 23.1 Å². The van der Waals surface area contributed by atoms with Gasteiger partial charge in [-0.25, -0.2) is 9.18 Å². The van der Waals surface area contributed by atoms with Gasteiger partial charge in [-0.3, -0.25) is 9.78 Å². The smallest absolute Gasteiger partial charge is 0.320 e. The maximum atomic E-state index is 14.1. The van der Waals surface area contributed by atoms with Crippen LogP contribution in [0.5, 0.6) is 0 Å². The number of aromatic nitrogens is 1. The summed E-state index contributed by atoms with van der Waals surface area (Å²) in [5.74, 6) is -1.57. The van der Waals surface area contributed by atoms with Crippen molar-refractivity contribution in [2.45, 2.75) is 57.9 Å². The molecule has 1 aliphatic rings. The van der Waals surface area contributed by atoms with E-state index in [0.717, 1.165) is 39.2 Å². The van der Waals surface area contributed by atoms with E-state index in [1.807, 2.05) is 38.1 Å².